The summed E-state index contributed by atoms with van der Waals surface area (Å²) in [6, 6.07) is 4.66. The van der Waals surface area contributed by atoms with Gasteiger partial charge in [-0.1, -0.05) is 0 Å². The molecule has 1 heterocycles. The second kappa shape index (κ2) is 10.2. The van der Waals surface area contributed by atoms with E-state index < -0.39 is 10.0 Å². The molecular weight excluding hydrogens is 392 g/mol. The molecule has 0 aliphatic carbocycles. The average Bonchev–Trinajstić information content (AvgIpc) is 2.61. The Morgan fingerprint density at radius 2 is 1.96 bits per heavy atom. The molecule has 1 saturated heterocycles. The molecule has 1 fully saturated rings. The Labute approximate surface area is 167 Å². The maximum Gasteiger partial charge on any atom is 0.253 e. The topological polar surface area (TPSA) is 105 Å². The minimum absolute atomic E-state index is 0. The molecule has 154 valence electrons. The number of anilines is 1. The van der Waals surface area contributed by atoms with Crippen molar-refractivity contribution in [2.45, 2.75) is 24.3 Å². The van der Waals surface area contributed by atoms with Crippen molar-refractivity contribution in [2.24, 2.45) is 5.73 Å². The van der Waals surface area contributed by atoms with Crippen molar-refractivity contribution in [2.75, 3.05) is 51.8 Å². The monoisotopic (exact) mass is 420 g/mol. The van der Waals surface area contributed by atoms with Gasteiger partial charge in [0.1, 0.15) is 0 Å². The highest BCUT2D eigenvalue weighted by molar-refractivity contribution is 7.89. The number of carbonyl (C=O) groups excluding carboxylic acids is 1. The lowest BCUT2D eigenvalue weighted by Gasteiger charge is -2.30. The molecule has 10 heteroatoms. The van der Waals surface area contributed by atoms with Gasteiger partial charge >= 0.3 is 0 Å². The molecule has 0 saturated carbocycles. The van der Waals surface area contributed by atoms with Crippen LogP contribution in [-0.4, -0.2) is 71.6 Å². The molecule has 27 heavy (non-hydrogen) atoms. The Morgan fingerprint density at radius 1 is 1.33 bits per heavy atom. The van der Waals surface area contributed by atoms with Crippen molar-refractivity contribution >= 4 is 34.0 Å². The van der Waals surface area contributed by atoms with Gasteiger partial charge in [0.15, 0.2) is 0 Å². The Kier molecular flexibility index (Phi) is 8.97. The van der Waals surface area contributed by atoms with E-state index in [0.29, 0.717) is 50.5 Å². The second-order valence-electron chi connectivity index (χ2n) is 6.59. The first-order valence-electron chi connectivity index (χ1n) is 8.66. The number of hydrogen-bond acceptors (Lipinski definition) is 6. The third-order valence-corrected chi connectivity index (χ3v) is 6.04. The van der Waals surface area contributed by atoms with Gasteiger partial charge < -0.3 is 20.7 Å². The number of halogens is 1. The number of nitrogens with one attached hydrogen (secondary N) is 1. The SMILES string of the molecule is CC(N)CCNC(=O)c1cc(S(=O)(=O)N(C)C)ccc1N1CCOCC1.Cl. The van der Waals surface area contributed by atoms with Crippen LogP contribution in [-0.2, 0) is 14.8 Å². The van der Waals surface area contributed by atoms with Gasteiger partial charge in [-0.3, -0.25) is 4.79 Å². The molecule has 0 radical (unpaired) electrons. The van der Waals surface area contributed by atoms with Gasteiger partial charge in [0.05, 0.1) is 23.7 Å². The molecule has 1 atom stereocenters. The number of amides is 1. The lowest BCUT2D eigenvalue weighted by molar-refractivity contribution is 0.0951. The van der Waals surface area contributed by atoms with Gasteiger partial charge in [-0.25, -0.2) is 12.7 Å². The van der Waals surface area contributed by atoms with Gasteiger partial charge in [0, 0.05) is 45.5 Å². The molecule has 1 aliphatic rings. The van der Waals surface area contributed by atoms with Crippen LogP contribution in [0.3, 0.4) is 0 Å². The van der Waals surface area contributed by atoms with Crippen molar-refractivity contribution in [1.29, 1.82) is 0 Å². The number of morpholine rings is 1. The fourth-order valence-electron chi connectivity index (χ4n) is 2.66. The van der Waals surface area contributed by atoms with Crippen LogP contribution in [0.4, 0.5) is 5.69 Å². The van der Waals surface area contributed by atoms with Crippen LogP contribution in [0.5, 0.6) is 0 Å². The van der Waals surface area contributed by atoms with Crippen LogP contribution < -0.4 is 16.0 Å². The molecule has 0 aromatic heterocycles. The smallest absolute Gasteiger partial charge is 0.253 e. The van der Waals surface area contributed by atoms with Crippen molar-refractivity contribution in [1.82, 2.24) is 9.62 Å². The summed E-state index contributed by atoms with van der Waals surface area (Å²) in [6.07, 6.45) is 0.647. The highest BCUT2D eigenvalue weighted by atomic mass is 35.5. The molecule has 1 aromatic rings. The summed E-state index contributed by atoms with van der Waals surface area (Å²) in [5, 5.41) is 2.83. The molecule has 0 bridgehead atoms. The maximum absolute atomic E-state index is 12.7. The standard InChI is InChI=1S/C17H28N4O4S.ClH/c1-13(18)6-7-19-17(22)15-12-14(26(23,24)20(2)3)4-5-16(15)21-8-10-25-11-9-21;/h4-5,12-13H,6-11,18H2,1-3H3,(H,19,22);1H. The predicted molar refractivity (Wildman–Crippen MR) is 108 cm³/mol. The van der Waals surface area contributed by atoms with E-state index in [-0.39, 0.29) is 29.3 Å². The number of rotatable bonds is 7. The quantitative estimate of drug-likeness (QED) is 0.671. The molecule has 1 aromatic carbocycles. The van der Waals surface area contributed by atoms with Gasteiger partial charge in [0.25, 0.3) is 5.91 Å². The summed E-state index contributed by atoms with van der Waals surface area (Å²) in [4.78, 5) is 14.9. The Bertz CT molecular complexity index is 734. The van der Waals surface area contributed by atoms with Crippen molar-refractivity contribution in [3.63, 3.8) is 0 Å². The van der Waals surface area contributed by atoms with Crippen molar-refractivity contribution in [3.05, 3.63) is 23.8 Å². The number of nitrogens with zero attached hydrogens (tertiary/aromatic N) is 2. The van der Waals surface area contributed by atoms with Crippen molar-refractivity contribution < 1.29 is 17.9 Å². The van der Waals surface area contributed by atoms with Crippen LogP contribution in [0.1, 0.15) is 23.7 Å². The van der Waals surface area contributed by atoms with Crippen molar-refractivity contribution in [3.8, 4) is 0 Å². The highest BCUT2D eigenvalue weighted by Gasteiger charge is 2.24. The van der Waals surface area contributed by atoms with Crippen LogP contribution in [0.2, 0.25) is 0 Å². The van der Waals surface area contributed by atoms with E-state index in [4.69, 9.17) is 10.5 Å². The van der Waals surface area contributed by atoms with E-state index in [1.54, 1.807) is 12.1 Å². The van der Waals surface area contributed by atoms with E-state index in [2.05, 4.69) is 5.32 Å². The van der Waals surface area contributed by atoms with Crippen LogP contribution in [0.15, 0.2) is 23.1 Å². The first-order valence-corrected chi connectivity index (χ1v) is 10.1. The Balaban J connectivity index is 0.00000364. The fourth-order valence-corrected chi connectivity index (χ4v) is 3.59. The minimum atomic E-state index is -3.62. The molecule has 8 nitrogen and oxygen atoms in total. The summed E-state index contributed by atoms with van der Waals surface area (Å²) in [7, 11) is -0.692. The van der Waals surface area contributed by atoms with Gasteiger partial charge in [0.2, 0.25) is 10.0 Å². The number of hydrogen-bond donors (Lipinski definition) is 2. The summed E-state index contributed by atoms with van der Waals surface area (Å²) in [6.45, 7) is 4.76. The zero-order valence-corrected chi connectivity index (χ0v) is 17.6. The lowest BCUT2D eigenvalue weighted by Crippen LogP contribution is -2.38. The number of sulfonamides is 1. The first-order chi connectivity index (χ1) is 12.2. The van der Waals surface area contributed by atoms with Gasteiger partial charge in [-0.15, -0.1) is 12.4 Å². The third-order valence-electron chi connectivity index (χ3n) is 4.23. The van der Waals surface area contributed by atoms with Crippen LogP contribution in [0, 0.1) is 0 Å². The molecule has 3 N–H and O–H groups in total. The Hall–Kier alpha value is -1.39. The van der Waals surface area contributed by atoms with Crippen LogP contribution >= 0.6 is 12.4 Å². The summed E-state index contributed by atoms with van der Waals surface area (Å²) < 4.78 is 31.4. The molecule has 1 amide bonds. The van der Waals surface area contributed by atoms with Gasteiger partial charge in [-0.05, 0) is 31.5 Å². The van der Waals surface area contributed by atoms with Gasteiger partial charge in [-0.2, -0.15) is 0 Å². The summed E-state index contributed by atoms with van der Waals surface area (Å²) in [5.41, 5.74) is 6.78. The van der Waals surface area contributed by atoms with E-state index in [1.807, 2.05) is 11.8 Å². The Morgan fingerprint density at radius 3 is 2.52 bits per heavy atom. The minimum Gasteiger partial charge on any atom is -0.378 e. The molecule has 0 spiro atoms. The zero-order valence-electron chi connectivity index (χ0n) is 16.0. The average molecular weight is 421 g/mol. The fraction of sp³-hybridized carbons (Fsp3) is 0.588. The molecule has 2 rings (SSSR count). The largest absolute Gasteiger partial charge is 0.378 e. The molecule has 1 unspecified atom stereocenters. The second-order valence-corrected chi connectivity index (χ2v) is 8.74. The summed E-state index contributed by atoms with van der Waals surface area (Å²) >= 11 is 0. The molecular formula is C17H29ClN4O4S. The number of ether oxygens (including phenoxy) is 1. The molecule has 1 aliphatic heterocycles. The number of benzene rings is 1. The highest BCUT2D eigenvalue weighted by Crippen LogP contribution is 2.26. The predicted octanol–water partition coefficient (Wildman–Crippen LogP) is 0.662. The van der Waals surface area contributed by atoms with Crippen LogP contribution in [0.25, 0.3) is 0 Å². The lowest BCUT2D eigenvalue weighted by atomic mass is 10.1. The first kappa shape index (κ1) is 23.6. The third kappa shape index (κ3) is 6.05. The van der Waals surface area contributed by atoms with E-state index in [9.17, 15) is 13.2 Å². The van der Waals surface area contributed by atoms with E-state index >= 15 is 0 Å². The summed E-state index contributed by atoms with van der Waals surface area (Å²) in [5.74, 6) is -0.303. The number of nitrogens with two attached hydrogens (primary N) is 1. The maximum atomic E-state index is 12.7. The zero-order chi connectivity index (χ0) is 19.3. The number of carbonyl (C=O) groups is 1. The van der Waals surface area contributed by atoms with E-state index in [1.165, 1.54) is 20.2 Å². The normalized spacial score (nSPS) is 16.0. The van der Waals surface area contributed by atoms with E-state index in [0.717, 1.165) is 4.31 Å².